The molecular formula is C22H29N3O2. The number of aromatic nitrogens is 1. The van der Waals surface area contributed by atoms with Gasteiger partial charge < -0.3 is 15.8 Å². The smallest absolute Gasteiger partial charge is 0.223 e. The molecule has 1 aromatic heterocycles. The van der Waals surface area contributed by atoms with E-state index in [1.807, 2.05) is 38.4 Å². The topological polar surface area (TPSA) is 77.2 Å². The Morgan fingerprint density at radius 1 is 1.26 bits per heavy atom. The predicted octanol–water partition coefficient (Wildman–Crippen LogP) is 3.24. The van der Waals surface area contributed by atoms with Crippen molar-refractivity contribution in [3.8, 4) is 16.9 Å². The van der Waals surface area contributed by atoms with Crippen molar-refractivity contribution < 1.29 is 9.53 Å². The first kappa shape index (κ1) is 19.4. The largest absolute Gasteiger partial charge is 0.496 e. The van der Waals surface area contributed by atoms with E-state index in [0.29, 0.717) is 12.5 Å². The lowest BCUT2D eigenvalue weighted by molar-refractivity contribution is -0.129. The van der Waals surface area contributed by atoms with Gasteiger partial charge in [0, 0.05) is 17.9 Å². The van der Waals surface area contributed by atoms with Crippen molar-refractivity contribution in [3.05, 3.63) is 47.8 Å². The van der Waals surface area contributed by atoms with Gasteiger partial charge in [-0.25, -0.2) is 0 Å². The van der Waals surface area contributed by atoms with Crippen molar-refractivity contribution in [2.75, 3.05) is 14.2 Å². The Morgan fingerprint density at radius 2 is 1.96 bits per heavy atom. The first-order valence-corrected chi connectivity index (χ1v) is 9.54. The monoisotopic (exact) mass is 367 g/mol. The van der Waals surface area contributed by atoms with Crippen LogP contribution in [0.15, 0.2) is 36.5 Å². The summed E-state index contributed by atoms with van der Waals surface area (Å²) in [6.45, 7) is 1.98. The summed E-state index contributed by atoms with van der Waals surface area (Å²) in [7, 11) is 3.65. The fraction of sp³-hybridized carbons (Fsp3) is 0.455. The molecule has 144 valence electrons. The van der Waals surface area contributed by atoms with Crippen LogP contribution in [0.25, 0.3) is 11.1 Å². The second-order valence-electron chi connectivity index (χ2n) is 7.60. The van der Waals surface area contributed by atoms with Gasteiger partial charge in [0.25, 0.3) is 0 Å². The zero-order chi connectivity index (χ0) is 19.4. The quantitative estimate of drug-likeness (QED) is 0.822. The Labute approximate surface area is 161 Å². The molecule has 0 atom stereocenters. The minimum Gasteiger partial charge on any atom is -0.496 e. The molecule has 0 unspecified atom stereocenters. The van der Waals surface area contributed by atoms with E-state index in [-0.39, 0.29) is 5.91 Å². The van der Waals surface area contributed by atoms with E-state index in [2.05, 4.69) is 22.4 Å². The number of hydrogen-bond acceptors (Lipinski definition) is 4. The summed E-state index contributed by atoms with van der Waals surface area (Å²) >= 11 is 0. The number of pyridine rings is 1. The van der Waals surface area contributed by atoms with E-state index in [1.165, 1.54) is 0 Å². The normalized spacial score (nSPS) is 22.4. The Bertz CT molecular complexity index is 811. The fourth-order valence-corrected chi connectivity index (χ4v) is 4.16. The third kappa shape index (κ3) is 4.14. The second-order valence-corrected chi connectivity index (χ2v) is 7.60. The number of aryl methyl sites for hydroxylation is 1. The van der Waals surface area contributed by atoms with Crippen LogP contribution in [-0.4, -0.2) is 31.1 Å². The number of amides is 1. The number of ether oxygens (including phenoxy) is 1. The highest BCUT2D eigenvalue weighted by molar-refractivity contribution is 5.81. The van der Waals surface area contributed by atoms with Gasteiger partial charge in [0.05, 0.1) is 12.5 Å². The zero-order valence-electron chi connectivity index (χ0n) is 16.4. The van der Waals surface area contributed by atoms with Gasteiger partial charge in [-0.2, -0.15) is 0 Å². The average molecular weight is 367 g/mol. The Balaban J connectivity index is 1.94. The molecule has 1 heterocycles. The third-order valence-electron chi connectivity index (χ3n) is 5.91. The van der Waals surface area contributed by atoms with Gasteiger partial charge in [0.2, 0.25) is 5.91 Å². The number of hydrogen-bond donors (Lipinski definition) is 2. The van der Waals surface area contributed by atoms with Gasteiger partial charge in [-0.15, -0.1) is 0 Å². The molecule has 3 N–H and O–H groups in total. The predicted molar refractivity (Wildman–Crippen MR) is 108 cm³/mol. The van der Waals surface area contributed by atoms with Crippen LogP contribution in [0.2, 0.25) is 0 Å². The molecule has 1 aliphatic rings. The number of primary amides is 1. The summed E-state index contributed by atoms with van der Waals surface area (Å²) in [5.41, 5.74) is 9.60. The Kier molecular flexibility index (Phi) is 5.80. The second kappa shape index (κ2) is 8.09. The van der Waals surface area contributed by atoms with Crippen molar-refractivity contribution >= 4 is 5.91 Å². The summed E-state index contributed by atoms with van der Waals surface area (Å²) in [6.07, 6.45) is 5.96. The molecule has 27 heavy (non-hydrogen) atoms. The molecule has 3 rings (SSSR count). The molecule has 0 spiro atoms. The van der Waals surface area contributed by atoms with Crippen LogP contribution in [0, 0.1) is 12.3 Å². The van der Waals surface area contributed by atoms with E-state index in [9.17, 15) is 4.79 Å². The number of methoxy groups -OCH3 is 1. The maximum absolute atomic E-state index is 12.4. The molecule has 0 bridgehead atoms. The molecule has 5 heteroatoms. The summed E-state index contributed by atoms with van der Waals surface area (Å²) in [5, 5.41) is 3.32. The van der Waals surface area contributed by atoms with Crippen LogP contribution < -0.4 is 15.8 Å². The van der Waals surface area contributed by atoms with Gasteiger partial charge in [0.1, 0.15) is 5.75 Å². The maximum Gasteiger partial charge on any atom is 0.223 e. The molecular weight excluding hydrogens is 338 g/mol. The van der Waals surface area contributed by atoms with Crippen molar-refractivity contribution in [1.82, 2.24) is 10.3 Å². The van der Waals surface area contributed by atoms with Gasteiger partial charge in [-0.05, 0) is 87.0 Å². The van der Waals surface area contributed by atoms with Crippen molar-refractivity contribution in [3.63, 3.8) is 0 Å². The molecule has 5 nitrogen and oxygen atoms in total. The molecule has 1 aliphatic carbocycles. The molecule has 0 aliphatic heterocycles. The third-order valence-corrected chi connectivity index (χ3v) is 5.91. The summed E-state index contributed by atoms with van der Waals surface area (Å²) < 4.78 is 5.59. The highest BCUT2D eigenvalue weighted by atomic mass is 16.5. The van der Waals surface area contributed by atoms with E-state index >= 15 is 0 Å². The summed E-state index contributed by atoms with van der Waals surface area (Å²) in [6, 6.07) is 10.7. The Hall–Kier alpha value is -2.40. The van der Waals surface area contributed by atoms with Crippen molar-refractivity contribution in [2.45, 2.75) is 45.1 Å². The highest BCUT2D eigenvalue weighted by Gasteiger charge is 2.40. The van der Waals surface area contributed by atoms with Gasteiger partial charge in [-0.1, -0.05) is 6.07 Å². The van der Waals surface area contributed by atoms with Crippen LogP contribution in [0.5, 0.6) is 5.75 Å². The number of nitrogens with one attached hydrogen (secondary N) is 1. The molecule has 0 radical (unpaired) electrons. The number of carbonyl (C=O) groups is 1. The highest BCUT2D eigenvalue weighted by Crippen LogP contribution is 2.41. The molecule has 1 fully saturated rings. The van der Waals surface area contributed by atoms with E-state index in [0.717, 1.165) is 53.8 Å². The minimum atomic E-state index is -0.507. The van der Waals surface area contributed by atoms with E-state index in [1.54, 1.807) is 7.11 Å². The lowest BCUT2D eigenvalue weighted by Gasteiger charge is -2.38. The van der Waals surface area contributed by atoms with Crippen LogP contribution >= 0.6 is 0 Å². The van der Waals surface area contributed by atoms with Crippen LogP contribution in [0.4, 0.5) is 0 Å². The zero-order valence-corrected chi connectivity index (χ0v) is 16.4. The number of nitrogens with zero attached hydrogens (tertiary/aromatic N) is 1. The molecule has 2 aromatic rings. The number of carbonyl (C=O) groups excluding carboxylic acids is 1. The lowest BCUT2D eigenvalue weighted by Crippen LogP contribution is -2.45. The first-order valence-electron chi connectivity index (χ1n) is 9.54. The van der Waals surface area contributed by atoms with Crippen LogP contribution in [0.1, 0.15) is 36.9 Å². The fourth-order valence-electron chi connectivity index (χ4n) is 4.16. The van der Waals surface area contributed by atoms with Gasteiger partial charge in [0.15, 0.2) is 0 Å². The average Bonchev–Trinajstić information content (AvgIpc) is 2.68. The standard InChI is InChI=1S/C22H29N3O2/c1-15-12-17(8-11-25-15)16-4-5-20(27-3)18(13-16)14-22(21(23)26)9-6-19(24-2)7-10-22/h4-5,8,11-13,19,24H,6-7,9-10,14H2,1-3H3,(H2,23,26). The first-order chi connectivity index (χ1) is 13.0. The molecule has 1 amide bonds. The molecule has 0 saturated heterocycles. The lowest BCUT2D eigenvalue weighted by atomic mass is 9.68. The summed E-state index contributed by atoms with van der Waals surface area (Å²) in [4.78, 5) is 16.7. The summed E-state index contributed by atoms with van der Waals surface area (Å²) in [5.74, 6) is 0.602. The molecule has 1 saturated carbocycles. The number of benzene rings is 1. The molecule has 1 aromatic carbocycles. The van der Waals surface area contributed by atoms with Crippen molar-refractivity contribution in [2.24, 2.45) is 11.1 Å². The van der Waals surface area contributed by atoms with Crippen molar-refractivity contribution in [1.29, 1.82) is 0 Å². The van der Waals surface area contributed by atoms with Gasteiger partial charge >= 0.3 is 0 Å². The SMILES string of the molecule is CNC1CCC(Cc2cc(-c3ccnc(C)c3)ccc2OC)(C(N)=O)CC1. The van der Waals surface area contributed by atoms with Gasteiger partial charge in [-0.3, -0.25) is 9.78 Å². The van der Waals surface area contributed by atoms with E-state index in [4.69, 9.17) is 10.5 Å². The Morgan fingerprint density at radius 3 is 2.56 bits per heavy atom. The maximum atomic E-state index is 12.4. The van der Waals surface area contributed by atoms with Crippen LogP contribution in [0.3, 0.4) is 0 Å². The van der Waals surface area contributed by atoms with Crippen LogP contribution in [-0.2, 0) is 11.2 Å². The number of rotatable bonds is 6. The van der Waals surface area contributed by atoms with E-state index < -0.39 is 5.41 Å². The number of nitrogens with two attached hydrogens (primary N) is 1. The minimum absolute atomic E-state index is 0.204.